The Labute approximate surface area is 142 Å². The van der Waals surface area contributed by atoms with Crippen molar-refractivity contribution < 1.29 is 19.2 Å². The van der Waals surface area contributed by atoms with E-state index < -0.39 is 4.92 Å². The number of benzene rings is 2. The summed E-state index contributed by atoms with van der Waals surface area (Å²) in [5.74, 6) is 0.313. The van der Waals surface area contributed by atoms with Crippen LogP contribution in [0.15, 0.2) is 47.6 Å². The van der Waals surface area contributed by atoms with Gasteiger partial charge in [-0.2, -0.15) is 5.10 Å². The number of para-hydroxylation sites is 1. The molecule has 0 saturated heterocycles. The number of hydrogen-bond donors (Lipinski definition) is 2. The Hall–Kier alpha value is -3.62. The number of ether oxygens (including phenoxy) is 2. The van der Waals surface area contributed by atoms with Crippen LogP contribution in [0.3, 0.4) is 0 Å². The predicted octanol–water partition coefficient (Wildman–Crippen LogP) is 1.89. The zero-order chi connectivity index (χ0) is 17.6. The van der Waals surface area contributed by atoms with Crippen LogP contribution in [-0.2, 0) is 4.79 Å². The molecule has 0 atom stereocenters. The Balaban J connectivity index is 1.62. The average molecular weight is 342 g/mol. The first-order valence-corrected chi connectivity index (χ1v) is 7.32. The Morgan fingerprint density at radius 1 is 1.24 bits per heavy atom. The highest BCUT2D eigenvalue weighted by molar-refractivity contribution is 5.88. The summed E-state index contributed by atoms with van der Waals surface area (Å²) in [6.45, 7) is 0.0273. The molecule has 0 aliphatic carbocycles. The highest BCUT2D eigenvalue weighted by Gasteiger charge is 2.22. The van der Waals surface area contributed by atoms with Crippen molar-refractivity contribution in [2.45, 2.75) is 0 Å². The van der Waals surface area contributed by atoms with Crippen LogP contribution in [0.1, 0.15) is 5.56 Å². The van der Waals surface area contributed by atoms with Crippen LogP contribution in [0.2, 0.25) is 0 Å². The van der Waals surface area contributed by atoms with Gasteiger partial charge in [0.25, 0.3) is 11.6 Å². The molecule has 1 aliphatic heterocycles. The van der Waals surface area contributed by atoms with Gasteiger partial charge in [-0.25, -0.2) is 5.43 Å². The topological polar surface area (TPSA) is 115 Å². The maximum Gasteiger partial charge on any atom is 0.282 e. The first-order chi connectivity index (χ1) is 12.1. The van der Waals surface area contributed by atoms with Gasteiger partial charge in [-0.15, -0.1) is 0 Å². The third-order valence-electron chi connectivity index (χ3n) is 3.34. The molecule has 3 rings (SSSR count). The fraction of sp³-hybridized carbons (Fsp3) is 0.125. The summed E-state index contributed by atoms with van der Waals surface area (Å²) in [4.78, 5) is 22.3. The number of anilines is 1. The third-order valence-corrected chi connectivity index (χ3v) is 3.34. The molecule has 0 saturated carbocycles. The molecule has 2 aromatic carbocycles. The van der Waals surface area contributed by atoms with Gasteiger partial charge in [-0.1, -0.05) is 18.2 Å². The molecule has 9 nitrogen and oxygen atoms in total. The number of carbonyl (C=O) groups excluding carboxylic acids is 1. The van der Waals surface area contributed by atoms with Crippen LogP contribution in [0, 0.1) is 10.1 Å². The molecule has 1 amide bonds. The number of nitrogens with zero attached hydrogens (tertiary/aromatic N) is 2. The largest absolute Gasteiger partial charge is 0.454 e. The predicted molar refractivity (Wildman–Crippen MR) is 89.9 cm³/mol. The Kier molecular flexibility index (Phi) is 4.74. The zero-order valence-corrected chi connectivity index (χ0v) is 13.0. The lowest BCUT2D eigenvalue weighted by molar-refractivity contribution is -0.385. The fourth-order valence-corrected chi connectivity index (χ4v) is 2.16. The number of hydrazone groups is 1. The van der Waals surface area contributed by atoms with Gasteiger partial charge >= 0.3 is 0 Å². The van der Waals surface area contributed by atoms with Crippen LogP contribution in [-0.4, -0.2) is 30.4 Å². The molecule has 0 spiro atoms. The number of nitro groups is 1. The van der Waals surface area contributed by atoms with Gasteiger partial charge in [-0.3, -0.25) is 14.9 Å². The molecule has 2 N–H and O–H groups in total. The minimum absolute atomic E-state index is 0.00890. The maximum atomic E-state index is 11.7. The SMILES string of the molecule is O=C(CNc1ccccc1)N/N=C\c1cc2c(cc1[N+](=O)[O-])OCO2. The summed E-state index contributed by atoms with van der Waals surface area (Å²) >= 11 is 0. The van der Waals surface area contributed by atoms with E-state index in [1.165, 1.54) is 18.3 Å². The van der Waals surface area contributed by atoms with Gasteiger partial charge in [-0.05, 0) is 18.2 Å². The quantitative estimate of drug-likeness (QED) is 0.470. The fourth-order valence-electron chi connectivity index (χ4n) is 2.16. The van der Waals surface area contributed by atoms with E-state index in [4.69, 9.17) is 9.47 Å². The number of amides is 1. The van der Waals surface area contributed by atoms with Gasteiger partial charge in [0.15, 0.2) is 11.5 Å². The third kappa shape index (κ3) is 4.02. The molecule has 0 radical (unpaired) electrons. The number of hydrogen-bond acceptors (Lipinski definition) is 7. The van der Waals surface area contributed by atoms with Crippen molar-refractivity contribution in [1.29, 1.82) is 0 Å². The molecule has 0 bridgehead atoms. The van der Waals surface area contributed by atoms with E-state index in [1.54, 1.807) is 0 Å². The van der Waals surface area contributed by atoms with Crippen LogP contribution >= 0.6 is 0 Å². The van der Waals surface area contributed by atoms with Crippen molar-refractivity contribution in [2.75, 3.05) is 18.7 Å². The lowest BCUT2D eigenvalue weighted by Crippen LogP contribution is -2.25. The maximum absolute atomic E-state index is 11.7. The average Bonchev–Trinajstić information content (AvgIpc) is 3.07. The molecular formula is C16H14N4O5. The Morgan fingerprint density at radius 3 is 2.68 bits per heavy atom. The second-order valence-electron chi connectivity index (χ2n) is 5.03. The van der Waals surface area contributed by atoms with Gasteiger partial charge in [0.05, 0.1) is 29.3 Å². The molecule has 1 aliphatic rings. The summed E-state index contributed by atoms with van der Waals surface area (Å²) in [7, 11) is 0. The first-order valence-electron chi connectivity index (χ1n) is 7.32. The van der Waals surface area contributed by atoms with Crippen molar-refractivity contribution in [1.82, 2.24) is 5.43 Å². The van der Waals surface area contributed by atoms with E-state index in [-0.39, 0.29) is 30.5 Å². The molecule has 2 aromatic rings. The smallest absolute Gasteiger partial charge is 0.282 e. The van der Waals surface area contributed by atoms with Crippen molar-refractivity contribution in [3.8, 4) is 11.5 Å². The summed E-state index contributed by atoms with van der Waals surface area (Å²) in [6.07, 6.45) is 1.19. The molecular weight excluding hydrogens is 328 g/mol. The number of fused-ring (bicyclic) bond motifs is 1. The summed E-state index contributed by atoms with van der Waals surface area (Å²) in [6, 6.07) is 11.9. The number of rotatable bonds is 6. The van der Waals surface area contributed by atoms with Gasteiger partial charge < -0.3 is 14.8 Å². The lowest BCUT2D eigenvalue weighted by Gasteiger charge is -2.04. The van der Waals surface area contributed by atoms with E-state index in [0.29, 0.717) is 11.5 Å². The summed E-state index contributed by atoms with van der Waals surface area (Å²) in [5, 5.41) is 17.8. The van der Waals surface area contributed by atoms with E-state index in [2.05, 4.69) is 15.8 Å². The van der Waals surface area contributed by atoms with Crippen LogP contribution in [0.5, 0.6) is 11.5 Å². The molecule has 25 heavy (non-hydrogen) atoms. The summed E-state index contributed by atoms with van der Waals surface area (Å²) in [5.41, 5.74) is 3.12. The molecule has 0 unspecified atom stereocenters. The van der Waals surface area contributed by atoms with Crippen molar-refractivity contribution >= 4 is 23.5 Å². The minimum atomic E-state index is -0.553. The molecule has 0 aromatic heterocycles. The van der Waals surface area contributed by atoms with Gasteiger partial charge in [0.1, 0.15) is 0 Å². The number of nitro benzene ring substituents is 1. The van der Waals surface area contributed by atoms with E-state index in [1.807, 2.05) is 30.3 Å². The highest BCUT2D eigenvalue weighted by Crippen LogP contribution is 2.37. The Morgan fingerprint density at radius 2 is 1.96 bits per heavy atom. The standard InChI is InChI=1S/C16H14N4O5/c21-16(9-17-12-4-2-1-3-5-12)19-18-8-11-6-14-15(25-10-24-14)7-13(11)20(22)23/h1-8,17H,9-10H2,(H,19,21)/b18-8-. The van der Waals surface area contributed by atoms with Gasteiger partial charge in [0, 0.05) is 5.69 Å². The van der Waals surface area contributed by atoms with E-state index in [0.717, 1.165) is 5.69 Å². The van der Waals surface area contributed by atoms with Gasteiger partial charge in [0.2, 0.25) is 6.79 Å². The van der Waals surface area contributed by atoms with Crippen LogP contribution < -0.4 is 20.2 Å². The second kappa shape index (κ2) is 7.30. The first kappa shape index (κ1) is 16.2. The monoisotopic (exact) mass is 342 g/mol. The van der Waals surface area contributed by atoms with Crippen LogP contribution in [0.25, 0.3) is 0 Å². The van der Waals surface area contributed by atoms with Crippen molar-refractivity contribution in [3.63, 3.8) is 0 Å². The van der Waals surface area contributed by atoms with Crippen LogP contribution in [0.4, 0.5) is 11.4 Å². The normalized spacial score (nSPS) is 12.2. The lowest BCUT2D eigenvalue weighted by atomic mass is 10.1. The number of nitrogens with one attached hydrogen (secondary N) is 2. The van der Waals surface area contributed by atoms with Crippen molar-refractivity contribution in [2.24, 2.45) is 5.10 Å². The van der Waals surface area contributed by atoms with Crippen molar-refractivity contribution in [3.05, 3.63) is 58.1 Å². The molecule has 9 heteroatoms. The highest BCUT2D eigenvalue weighted by atomic mass is 16.7. The summed E-state index contributed by atoms with van der Waals surface area (Å²) < 4.78 is 10.3. The zero-order valence-electron chi connectivity index (χ0n) is 13.0. The minimum Gasteiger partial charge on any atom is -0.454 e. The molecule has 0 fully saturated rings. The Bertz CT molecular complexity index is 823. The van der Waals surface area contributed by atoms with E-state index >= 15 is 0 Å². The van der Waals surface area contributed by atoms with E-state index in [9.17, 15) is 14.9 Å². The number of carbonyl (C=O) groups is 1. The molecule has 1 heterocycles. The molecule has 128 valence electrons. The second-order valence-corrected chi connectivity index (χ2v) is 5.03.